The maximum Gasteiger partial charge on any atom is 0.405 e. The summed E-state index contributed by atoms with van der Waals surface area (Å²) in [5.74, 6) is -0.0227. The molecule has 0 saturated carbocycles. The van der Waals surface area contributed by atoms with Gasteiger partial charge < -0.3 is 9.88 Å². The van der Waals surface area contributed by atoms with Crippen LogP contribution in [0.25, 0.3) is 0 Å². The molecule has 1 rings (SSSR count). The second-order valence-corrected chi connectivity index (χ2v) is 4.68. The van der Waals surface area contributed by atoms with Crippen molar-refractivity contribution < 1.29 is 13.2 Å². The van der Waals surface area contributed by atoms with Crippen molar-refractivity contribution in [1.29, 1.82) is 0 Å². The molecule has 96 valence electrons. The number of alkyl halides is 4. The summed E-state index contributed by atoms with van der Waals surface area (Å²) in [4.78, 5) is 18.2. The molecule has 0 aromatic carbocycles. The SMILES string of the molecule is O=c1[nH]cnc(N(CCBr)CC(F)(F)F)c1Br. The van der Waals surface area contributed by atoms with Crippen LogP contribution in [0.15, 0.2) is 15.6 Å². The van der Waals surface area contributed by atoms with Crippen LogP contribution >= 0.6 is 31.9 Å². The lowest BCUT2D eigenvalue weighted by Crippen LogP contribution is -2.37. The Hall–Kier alpha value is -0.570. The van der Waals surface area contributed by atoms with E-state index in [2.05, 4.69) is 41.8 Å². The monoisotopic (exact) mass is 377 g/mol. The van der Waals surface area contributed by atoms with Gasteiger partial charge in [-0.25, -0.2) is 4.98 Å². The standard InChI is InChI=1S/C8H8Br2F3N3O/c9-1-2-16(3-8(11,12)13)6-5(10)7(17)15-4-14-6/h4H,1-3H2,(H,14,15,17). The Bertz CT molecular complexity index is 435. The number of aromatic nitrogens is 2. The molecule has 4 nitrogen and oxygen atoms in total. The zero-order chi connectivity index (χ0) is 13.1. The van der Waals surface area contributed by atoms with Crippen LogP contribution in [0.3, 0.4) is 0 Å². The zero-order valence-corrected chi connectivity index (χ0v) is 11.6. The predicted molar refractivity (Wildman–Crippen MR) is 64.6 cm³/mol. The van der Waals surface area contributed by atoms with E-state index in [4.69, 9.17) is 0 Å². The van der Waals surface area contributed by atoms with Gasteiger partial charge in [0.2, 0.25) is 0 Å². The van der Waals surface area contributed by atoms with Crippen LogP contribution in [0.4, 0.5) is 19.0 Å². The number of hydrogen-bond donors (Lipinski definition) is 1. The minimum atomic E-state index is -4.36. The molecule has 9 heteroatoms. The van der Waals surface area contributed by atoms with Gasteiger partial charge in [-0.15, -0.1) is 0 Å². The molecule has 0 atom stereocenters. The molecule has 0 spiro atoms. The van der Waals surface area contributed by atoms with Crippen LogP contribution in [-0.2, 0) is 0 Å². The van der Waals surface area contributed by atoms with Crippen LogP contribution in [0, 0.1) is 0 Å². The molecular weight excluding hydrogens is 371 g/mol. The zero-order valence-electron chi connectivity index (χ0n) is 8.39. The highest BCUT2D eigenvalue weighted by Crippen LogP contribution is 2.24. The van der Waals surface area contributed by atoms with E-state index < -0.39 is 18.3 Å². The first kappa shape index (κ1) is 14.5. The Morgan fingerprint density at radius 3 is 2.65 bits per heavy atom. The molecule has 0 fully saturated rings. The maximum absolute atomic E-state index is 12.4. The quantitative estimate of drug-likeness (QED) is 0.818. The summed E-state index contributed by atoms with van der Waals surface area (Å²) in [6.07, 6.45) is -3.29. The summed E-state index contributed by atoms with van der Waals surface area (Å²) in [5.41, 5.74) is -0.517. The Morgan fingerprint density at radius 1 is 1.47 bits per heavy atom. The van der Waals surface area contributed by atoms with Crippen LogP contribution in [0.5, 0.6) is 0 Å². The summed E-state index contributed by atoms with van der Waals surface area (Å²) < 4.78 is 37.1. The third kappa shape index (κ3) is 4.30. The van der Waals surface area contributed by atoms with Gasteiger partial charge in [-0.2, -0.15) is 13.2 Å². The largest absolute Gasteiger partial charge is 0.405 e. The van der Waals surface area contributed by atoms with Crippen molar-refractivity contribution in [2.24, 2.45) is 0 Å². The van der Waals surface area contributed by atoms with E-state index in [9.17, 15) is 18.0 Å². The molecule has 0 unspecified atom stereocenters. The second kappa shape index (κ2) is 5.85. The molecule has 0 aliphatic rings. The number of nitrogens with one attached hydrogen (secondary N) is 1. The van der Waals surface area contributed by atoms with Crippen molar-refractivity contribution in [2.75, 3.05) is 23.3 Å². The van der Waals surface area contributed by atoms with Gasteiger partial charge in [0.15, 0.2) is 5.82 Å². The second-order valence-electron chi connectivity index (χ2n) is 3.09. The first-order chi connectivity index (χ1) is 7.85. The Balaban J connectivity index is 3.05. The van der Waals surface area contributed by atoms with E-state index >= 15 is 0 Å². The van der Waals surface area contributed by atoms with Gasteiger partial charge in [-0.05, 0) is 15.9 Å². The van der Waals surface area contributed by atoms with E-state index in [0.717, 1.165) is 11.2 Å². The Kier molecular flexibility index (Phi) is 4.99. The van der Waals surface area contributed by atoms with E-state index in [1.165, 1.54) is 0 Å². The average molecular weight is 379 g/mol. The molecule has 0 bridgehead atoms. The minimum Gasteiger partial charge on any atom is -0.346 e. The smallest absolute Gasteiger partial charge is 0.346 e. The van der Waals surface area contributed by atoms with Crippen molar-refractivity contribution in [1.82, 2.24) is 9.97 Å². The molecule has 17 heavy (non-hydrogen) atoms. The highest BCUT2D eigenvalue weighted by Gasteiger charge is 2.32. The number of nitrogens with zero attached hydrogens (tertiary/aromatic N) is 2. The van der Waals surface area contributed by atoms with E-state index in [1.54, 1.807) is 0 Å². The molecule has 0 aliphatic heterocycles. The van der Waals surface area contributed by atoms with Gasteiger partial charge in [0, 0.05) is 11.9 Å². The van der Waals surface area contributed by atoms with Crippen molar-refractivity contribution in [3.8, 4) is 0 Å². The van der Waals surface area contributed by atoms with Crippen molar-refractivity contribution in [2.45, 2.75) is 6.18 Å². The van der Waals surface area contributed by atoms with Crippen LogP contribution in [0.2, 0.25) is 0 Å². The normalized spacial score (nSPS) is 11.6. The van der Waals surface area contributed by atoms with Gasteiger partial charge in [-0.3, -0.25) is 4.79 Å². The molecule has 0 aliphatic carbocycles. The van der Waals surface area contributed by atoms with E-state index in [0.29, 0.717) is 5.33 Å². The van der Waals surface area contributed by atoms with E-state index in [-0.39, 0.29) is 16.8 Å². The molecular formula is C8H8Br2F3N3O. The highest BCUT2D eigenvalue weighted by atomic mass is 79.9. The minimum absolute atomic E-state index is 0.00907. The lowest BCUT2D eigenvalue weighted by atomic mass is 10.4. The molecule has 1 aromatic rings. The molecule has 1 heterocycles. The number of aromatic amines is 1. The highest BCUT2D eigenvalue weighted by molar-refractivity contribution is 9.10. The van der Waals surface area contributed by atoms with Gasteiger partial charge >= 0.3 is 6.18 Å². The summed E-state index contributed by atoms with van der Waals surface area (Å²) in [6.45, 7) is -1.07. The molecule has 0 amide bonds. The molecule has 0 radical (unpaired) electrons. The van der Waals surface area contributed by atoms with Crippen LogP contribution in [-0.4, -0.2) is 34.6 Å². The number of anilines is 1. The van der Waals surface area contributed by atoms with Gasteiger partial charge in [0.05, 0.1) is 6.33 Å². The summed E-state index contributed by atoms with van der Waals surface area (Å²) in [7, 11) is 0. The van der Waals surface area contributed by atoms with Crippen molar-refractivity contribution >= 4 is 37.7 Å². The van der Waals surface area contributed by atoms with Crippen molar-refractivity contribution in [3.05, 3.63) is 21.2 Å². The Labute approximate surface area is 111 Å². The molecule has 1 N–H and O–H groups in total. The fraction of sp³-hybridized carbons (Fsp3) is 0.500. The predicted octanol–water partition coefficient (Wildman–Crippen LogP) is 2.30. The fourth-order valence-corrected chi connectivity index (χ4v) is 2.07. The summed E-state index contributed by atoms with van der Waals surface area (Å²) >= 11 is 5.99. The van der Waals surface area contributed by atoms with Gasteiger partial charge in [0.1, 0.15) is 11.0 Å². The lowest BCUT2D eigenvalue weighted by molar-refractivity contribution is -0.119. The maximum atomic E-state index is 12.4. The van der Waals surface area contributed by atoms with Crippen molar-refractivity contribution in [3.63, 3.8) is 0 Å². The third-order valence-electron chi connectivity index (χ3n) is 1.80. The number of rotatable bonds is 4. The number of halogens is 5. The fourth-order valence-electron chi connectivity index (χ4n) is 1.17. The number of hydrogen-bond acceptors (Lipinski definition) is 3. The van der Waals surface area contributed by atoms with Gasteiger partial charge in [0.25, 0.3) is 5.56 Å². The third-order valence-corrected chi connectivity index (χ3v) is 2.87. The van der Waals surface area contributed by atoms with Crippen LogP contribution < -0.4 is 10.5 Å². The first-order valence-corrected chi connectivity index (χ1v) is 6.37. The summed E-state index contributed by atoms with van der Waals surface area (Å²) in [5, 5.41) is 0.337. The first-order valence-electron chi connectivity index (χ1n) is 4.46. The average Bonchev–Trinajstić information content (AvgIpc) is 2.19. The van der Waals surface area contributed by atoms with Gasteiger partial charge in [-0.1, -0.05) is 15.9 Å². The van der Waals surface area contributed by atoms with E-state index in [1.807, 2.05) is 0 Å². The molecule has 1 aromatic heterocycles. The Morgan fingerprint density at radius 2 is 2.12 bits per heavy atom. The molecule has 0 saturated heterocycles. The lowest BCUT2D eigenvalue weighted by Gasteiger charge is -2.24. The number of H-pyrrole nitrogens is 1. The summed E-state index contributed by atoms with van der Waals surface area (Å²) in [6, 6.07) is 0. The van der Waals surface area contributed by atoms with Crippen LogP contribution in [0.1, 0.15) is 0 Å². The topological polar surface area (TPSA) is 49.0 Å².